The summed E-state index contributed by atoms with van der Waals surface area (Å²) in [5.74, 6) is -6.01. The van der Waals surface area contributed by atoms with Crippen LogP contribution in [-0.2, 0) is 56.8 Å². The zero-order valence-electron chi connectivity index (χ0n) is 44.5. The first-order valence-electron chi connectivity index (χ1n) is 26.6. The third-order valence-electron chi connectivity index (χ3n) is 13.6. The van der Waals surface area contributed by atoms with Crippen LogP contribution in [0.2, 0.25) is 0 Å². The van der Waals surface area contributed by atoms with Crippen LogP contribution in [0.15, 0.2) is 212 Å². The normalized spacial score (nSPS) is 24.2. The number of rotatable bonds is 21. The molecule has 0 spiro atoms. The predicted molar refractivity (Wildman–Crippen MR) is 291 cm³/mol. The highest BCUT2D eigenvalue weighted by atomic mass is 16.8. The molecule has 1 N–H and O–H groups in total. The van der Waals surface area contributed by atoms with Gasteiger partial charge in [0.05, 0.1) is 52.2 Å². The lowest BCUT2D eigenvalue weighted by Gasteiger charge is -2.27. The average molecular weight is 1140 g/mol. The molecule has 7 aromatic rings. The van der Waals surface area contributed by atoms with Gasteiger partial charge in [-0.3, -0.25) is 0 Å². The van der Waals surface area contributed by atoms with Gasteiger partial charge in [-0.2, -0.15) is 0 Å². The second-order valence-corrected chi connectivity index (χ2v) is 19.2. The lowest BCUT2D eigenvalue weighted by Crippen LogP contribution is -2.45. The van der Waals surface area contributed by atoms with Gasteiger partial charge in [0.2, 0.25) is 0 Å². The van der Waals surface area contributed by atoms with Gasteiger partial charge in [0.15, 0.2) is 55.5 Å². The van der Waals surface area contributed by atoms with Crippen molar-refractivity contribution in [2.24, 2.45) is 0 Å². The zero-order valence-corrected chi connectivity index (χ0v) is 44.5. The van der Waals surface area contributed by atoms with E-state index >= 15 is 0 Å². The fourth-order valence-corrected chi connectivity index (χ4v) is 9.35. The summed E-state index contributed by atoms with van der Waals surface area (Å²) in [7, 11) is 0. The second-order valence-electron chi connectivity index (χ2n) is 19.2. The van der Waals surface area contributed by atoms with E-state index in [1.54, 1.807) is 127 Å². The first-order chi connectivity index (χ1) is 41.0. The zero-order chi connectivity index (χ0) is 58.4. The smallest absolute Gasteiger partial charge is 0.338 e. The van der Waals surface area contributed by atoms with E-state index in [0.717, 1.165) is 0 Å². The molecule has 3 fully saturated rings. The number of esters is 7. The number of carbonyl (C=O) groups is 7. The van der Waals surface area contributed by atoms with Gasteiger partial charge in [-0.15, -0.1) is 0 Å². The summed E-state index contributed by atoms with van der Waals surface area (Å²) in [4.78, 5) is 96.6. The van der Waals surface area contributed by atoms with Crippen LogP contribution in [0, 0.1) is 0 Å². The molecule has 7 aromatic carbocycles. The maximum atomic E-state index is 14.1. The van der Waals surface area contributed by atoms with Gasteiger partial charge >= 0.3 is 41.8 Å². The standard InChI is InChI=1S/C64H54O20/c65-55(39-22-8-1-9-23-39)73-36-47-50(80-57(67)41-26-12-3-13-27-41)53(83-60(70)44-32-18-6-19-33-44)64(77-47)75-38-48-51(81-58(68)42-28-14-4-15-29-42)54(84-61(71)45-34-20-7-21-35-45)63(78-48)74-37-46-49(79-56(66)40-24-10-2-11-25-40)52(62(72)76-46)82-59(69)43-30-16-5-17-31-43/h1-35,46-54,62-64,72H,36-38H2/t46-,47-,48-,49-,50-,51-,52+,53+,54+,62+,63+,64+/m1/s1. The van der Waals surface area contributed by atoms with E-state index in [1.165, 1.54) is 84.9 Å². The molecule has 10 rings (SSSR count). The Morgan fingerprint density at radius 2 is 0.512 bits per heavy atom. The minimum Gasteiger partial charge on any atom is -0.459 e. The van der Waals surface area contributed by atoms with Crippen LogP contribution in [0.1, 0.15) is 72.5 Å². The molecule has 0 radical (unpaired) electrons. The largest absolute Gasteiger partial charge is 0.459 e. The van der Waals surface area contributed by atoms with Crippen LogP contribution in [0.3, 0.4) is 0 Å². The topological polar surface area (TPSA) is 250 Å². The molecule has 3 aliphatic rings. The van der Waals surface area contributed by atoms with Gasteiger partial charge in [-0.25, -0.2) is 33.6 Å². The Morgan fingerprint density at radius 3 is 0.810 bits per heavy atom. The lowest BCUT2D eigenvalue weighted by molar-refractivity contribution is -0.215. The van der Waals surface area contributed by atoms with Gasteiger partial charge in [0.1, 0.15) is 24.9 Å². The van der Waals surface area contributed by atoms with Crippen LogP contribution in [0.4, 0.5) is 0 Å². The summed E-state index contributed by atoms with van der Waals surface area (Å²) in [5, 5.41) is 11.3. The summed E-state index contributed by atoms with van der Waals surface area (Å²) in [6.45, 7) is -1.81. The van der Waals surface area contributed by atoms with Crippen molar-refractivity contribution in [2.45, 2.75) is 73.8 Å². The number of hydrogen-bond donors (Lipinski definition) is 1. The summed E-state index contributed by atoms with van der Waals surface area (Å²) in [6, 6.07) is 55.4. The Kier molecular flexibility index (Phi) is 19.0. The molecule has 3 heterocycles. The summed E-state index contributed by atoms with van der Waals surface area (Å²) in [6.07, 6.45) is -18.9. The SMILES string of the molecule is O=C(OC[C@H]1O[C@H](OC[C@H]2O[C@H](OC[C@H]3O[C@H](O)[C@@H](OC(=O)c4ccccc4)[C@@H]3OC(=O)c3ccccc3)[C@@H](OC(=O)c3ccccc3)[C@@H]2OC(=O)c2ccccc2)[C@@H](OC(=O)c2ccccc2)[C@@H]1OC(=O)c1ccccc1)c1ccccc1. The molecule has 3 aliphatic heterocycles. The fraction of sp³-hybridized carbons (Fsp3) is 0.234. The van der Waals surface area contributed by atoms with E-state index in [4.69, 9.17) is 56.8 Å². The van der Waals surface area contributed by atoms with Crippen molar-refractivity contribution in [2.75, 3.05) is 19.8 Å². The Hall–Kier alpha value is -9.41. The minimum atomic E-state index is -1.87. The summed E-state index contributed by atoms with van der Waals surface area (Å²) >= 11 is 0. The highest BCUT2D eigenvalue weighted by Crippen LogP contribution is 2.35. The van der Waals surface area contributed by atoms with Gasteiger partial charge in [-0.05, 0) is 84.9 Å². The van der Waals surface area contributed by atoms with Crippen molar-refractivity contribution < 1.29 is 95.5 Å². The molecule has 20 nitrogen and oxygen atoms in total. The monoisotopic (exact) mass is 1140 g/mol. The first-order valence-corrected chi connectivity index (χ1v) is 26.6. The molecule has 430 valence electrons. The maximum absolute atomic E-state index is 14.1. The molecular formula is C64H54O20. The van der Waals surface area contributed by atoms with Crippen molar-refractivity contribution in [3.05, 3.63) is 251 Å². The lowest BCUT2D eigenvalue weighted by atomic mass is 10.1. The van der Waals surface area contributed by atoms with Crippen molar-refractivity contribution in [3.63, 3.8) is 0 Å². The predicted octanol–water partition coefficient (Wildman–Crippen LogP) is 7.40. The maximum Gasteiger partial charge on any atom is 0.338 e. The average Bonchev–Trinajstić information content (AvgIpc) is 3.66. The highest BCUT2D eigenvalue weighted by Gasteiger charge is 2.56. The van der Waals surface area contributed by atoms with Crippen molar-refractivity contribution >= 4 is 41.8 Å². The minimum absolute atomic E-state index is 0.0832. The van der Waals surface area contributed by atoms with Crippen molar-refractivity contribution in [3.8, 4) is 0 Å². The van der Waals surface area contributed by atoms with E-state index in [0.29, 0.717) is 0 Å². The molecule has 0 aromatic heterocycles. The molecule has 0 amide bonds. The van der Waals surface area contributed by atoms with E-state index in [-0.39, 0.29) is 38.9 Å². The van der Waals surface area contributed by atoms with Gasteiger partial charge in [-0.1, -0.05) is 127 Å². The quantitative estimate of drug-likeness (QED) is 0.0543. The molecule has 20 heteroatoms. The van der Waals surface area contributed by atoms with Crippen molar-refractivity contribution in [1.82, 2.24) is 0 Å². The van der Waals surface area contributed by atoms with Gasteiger partial charge in [0, 0.05) is 0 Å². The number of ether oxygens (including phenoxy) is 12. The van der Waals surface area contributed by atoms with E-state index in [9.17, 15) is 38.7 Å². The molecule has 0 aliphatic carbocycles. The van der Waals surface area contributed by atoms with E-state index < -0.39 is 135 Å². The number of carbonyl (C=O) groups excluding carboxylic acids is 7. The fourth-order valence-electron chi connectivity index (χ4n) is 9.35. The van der Waals surface area contributed by atoms with Gasteiger partial charge in [0.25, 0.3) is 0 Å². The van der Waals surface area contributed by atoms with Crippen LogP contribution in [-0.4, -0.2) is 141 Å². The molecule has 12 atom stereocenters. The summed E-state index contributed by atoms with van der Waals surface area (Å²) < 4.78 is 73.4. The van der Waals surface area contributed by atoms with Crippen LogP contribution >= 0.6 is 0 Å². The van der Waals surface area contributed by atoms with E-state index in [1.807, 2.05) is 0 Å². The van der Waals surface area contributed by atoms with Gasteiger partial charge < -0.3 is 61.9 Å². The second kappa shape index (κ2) is 27.6. The van der Waals surface area contributed by atoms with Crippen LogP contribution < -0.4 is 0 Å². The Bertz CT molecular complexity index is 3340. The first kappa shape index (κ1) is 57.8. The van der Waals surface area contributed by atoms with E-state index in [2.05, 4.69) is 0 Å². The molecule has 3 saturated heterocycles. The van der Waals surface area contributed by atoms with Crippen molar-refractivity contribution in [1.29, 1.82) is 0 Å². The third kappa shape index (κ3) is 14.2. The Balaban J connectivity index is 0.967. The Labute approximate surface area is 480 Å². The number of aliphatic hydroxyl groups is 1. The number of aliphatic hydroxyl groups excluding tert-OH is 1. The number of benzene rings is 7. The third-order valence-corrected chi connectivity index (χ3v) is 13.6. The van der Waals surface area contributed by atoms with Crippen LogP contribution in [0.25, 0.3) is 0 Å². The molecule has 0 saturated carbocycles. The molecule has 84 heavy (non-hydrogen) atoms. The molecular weight excluding hydrogens is 1090 g/mol. The molecule has 0 bridgehead atoms. The Morgan fingerprint density at radius 1 is 0.286 bits per heavy atom. The number of hydrogen-bond acceptors (Lipinski definition) is 20. The highest BCUT2D eigenvalue weighted by molar-refractivity contribution is 5.93. The summed E-state index contributed by atoms with van der Waals surface area (Å²) in [5.41, 5.74) is 0.848. The van der Waals surface area contributed by atoms with Crippen LogP contribution in [0.5, 0.6) is 0 Å². The molecule has 0 unspecified atom stereocenters.